The smallest absolute Gasteiger partial charge is 0.276 e. The minimum atomic E-state index is -0.606. The summed E-state index contributed by atoms with van der Waals surface area (Å²) in [5, 5.41) is 11.2. The van der Waals surface area contributed by atoms with Gasteiger partial charge in [-0.3, -0.25) is 30.6 Å². The van der Waals surface area contributed by atoms with Crippen LogP contribution < -0.4 is 20.3 Å². The zero-order valence-corrected chi connectivity index (χ0v) is 15.9. The van der Waals surface area contributed by atoms with E-state index in [9.17, 15) is 19.7 Å². The van der Waals surface area contributed by atoms with Crippen molar-refractivity contribution in [1.29, 1.82) is 0 Å². The van der Waals surface area contributed by atoms with Crippen molar-refractivity contribution < 1.29 is 24.0 Å². The summed E-state index contributed by atoms with van der Waals surface area (Å²) < 4.78 is 10.6. The SMILES string of the molecule is Cc1c(Cl)ccc(OCC(=O)NNC(=O)COc2ccc([N+](=O)[O-])cc2)c1C. The van der Waals surface area contributed by atoms with Crippen LogP contribution in [0, 0.1) is 24.0 Å². The molecule has 2 amide bonds. The van der Waals surface area contributed by atoms with E-state index in [0.29, 0.717) is 10.8 Å². The third-order valence-electron chi connectivity index (χ3n) is 3.79. The summed E-state index contributed by atoms with van der Waals surface area (Å²) in [4.78, 5) is 33.5. The lowest BCUT2D eigenvalue weighted by atomic mass is 10.1. The lowest BCUT2D eigenvalue weighted by Gasteiger charge is -2.12. The molecular weight excluding hydrogens is 390 g/mol. The van der Waals surface area contributed by atoms with Crippen LogP contribution in [0.1, 0.15) is 11.1 Å². The first-order valence-electron chi connectivity index (χ1n) is 8.11. The number of hydrazine groups is 1. The van der Waals surface area contributed by atoms with Gasteiger partial charge in [-0.25, -0.2) is 0 Å². The number of amides is 2. The standard InChI is InChI=1S/C18H18ClN3O6/c1-11-12(2)16(8-7-15(11)19)28-10-18(24)21-20-17(23)9-27-14-5-3-13(4-6-14)22(25)26/h3-8H,9-10H2,1-2H3,(H,20,23)(H,21,24). The highest BCUT2D eigenvalue weighted by atomic mass is 35.5. The van der Waals surface area contributed by atoms with Crippen molar-refractivity contribution in [3.8, 4) is 11.5 Å². The Kier molecular flexibility index (Phi) is 7.16. The Bertz CT molecular complexity index is 886. The van der Waals surface area contributed by atoms with Crippen molar-refractivity contribution in [2.75, 3.05) is 13.2 Å². The van der Waals surface area contributed by atoms with Gasteiger partial charge in [-0.2, -0.15) is 0 Å². The summed E-state index contributed by atoms with van der Waals surface area (Å²) in [6.45, 7) is 2.99. The van der Waals surface area contributed by atoms with Crippen LogP contribution in [0.4, 0.5) is 5.69 Å². The Balaban J connectivity index is 1.73. The van der Waals surface area contributed by atoms with Gasteiger partial charge in [-0.05, 0) is 49.2 Å². The Morgan fingerprint density at radius 1 is 0.964 bits per heavy atom. The molecule has 2 N–H and O–H groups in total. The highest BCUT2D eigenvalue weighted by molar-refractivity contribution is 6.31. The Morgan fingerprint density at radius 2 is 1.54 bits per heavy atom. The van der Waals surface area contributed by atoms with Crippen LogP contribution in [0.2, 0.25) is 5.02 Å². The highest BCUT2D eigenvalue weighted by Gasteiger charge is 2.10. The average molecular weight is 408 g/mol. The van der Waals surface area contributed by atoms with Crippen molar-refractivity contribution in [2.45, 2.75) is 13.8 Å². The minimum Gasteiger partial charge on any atom is -0.484 e. The van der Waals surface area contributed by atoms with Gasteiger partial charge in [0.1, 0.15) is 11.5 Å². The Morgan fingerprint density at radius 3 is 2.11 bits per heavy atom. The predicted molar refractivity (Wildman–Crippen MR) is 101 cm³/mol. The zero-order chi connectivity index (χ0) is 20.7. The maximum Gasteiger partial charge on any atom is 0.276 e. The van der Waals surface area contributed by atoms with E-state index in [1.54, 1.807) is 12.1 Å². The fourth-order valence-corrected chi connectivity index (χ4v) is 2.29. The van der Waals surface area contributed by atoms with Crippen molar-refractivity contribution in [1.82, 2.24) is 10.9 Å². The molecule has 0 saturated heterocycles. The van der Waals surface area contributed by atoms with Crippen molar-refractivity contribution in [3.05, 3.63) is 62.7 Å². The van der Waals surface area contributed by atoms with E-state index in [4.69, 9.17) is 21.1 Å². The predicted octanol–water partition coefficient (Wildman–Crippen LogP) is 2.47. The molecule has 0 atom stereocenters. The van der Waals surface area contributed by atoms with Crippen LogP contribution in [-0.2, 0) is 9.59 Å². The van der Waals surface area contributed by atoms with Crippen LogP contribution >= 0.6 is 11.6 Å². The van der Waals surface area contributed by atoms with Crippen molar-refractivity contribution >= 4 is 29.1 Å². The van der Waals surface area contributed by atoms with E-state index in [0.717, 1.165) is 11.1 Å². The average Bonchev–Trinajstić information content (AvgIpc) is 2.68. The Hall–Kier alpha value is -3.33. The number of non-ortho nitro benzene ring substituents is 1. The van der Waals surface area contributed by atoms with Gasteiger partial charge >= 0.3 is 0 Å². The van der Waals surface area contributed by atoms with Gasteiger partial charge in [-0.15, -0.1) is 0 Å². The van der Waals surface area contributed by atoms with Gasteiger partial charge < -0.3 is 9.47 Å². The molecule has 2 aromatic rings. The summed E-state index contributed by atoms with van der Waals surface area (Å²) >= 11 is 6.00. The lowest BCUT2D eigenvalue weighted by molar-refractivity contribution is -0.384. The van der Waals surface area contributed by atoms with Gasteiger partial charge in [0.05, 0.1) is 4.92 Å². The number of hydrogen-bond donors (Lipinski definition) is 2. The summed E-state index contributed by atoms with van der Waals surface area (Å²) in [5.41, 5.74) is 5.97. The van der Waals surface area contributed by atoms with Crippen molar-refractivity contribution in [2.24, 2.45) is 0 Å². The second kappa shape index (κ2) is 9.56. The normalized spacial score (nSPS) is 10.1. The maximum atomic E-state index is 11.8. The minimum absolute atomic E-state index is 0.0878. The van der Waals surface area contributed by atoms with E-state index in [1.165, 1.54) is 24.3 Å². The van der Waals surface area contributed by atoms with Gasteiger partial charge in [0.15, 0.2) is 13.2 Å². The van der Waals surface area contributed by atoms with E-state index < -0.39 is 16.7 Å². The number of benzene rings is 2. The molecule has 0 aliphatic carbocycles. The van der Waals surface area contributed by atoms with Gasteiger partial charge in [0.25, 0.3) is 17.5 Å². The molecule has 0 aliphatic heterocycles. The number of hydrogen-bond acceptors (Lipinski definition) is 6. The number of carbonyl (C=O) groups is 2. The molecule has 0 fully saturated rings. The first-order chi connectivity index (χ1) is 13.3. The molecule has 0 unspecified atom stereocenters. The quantitative estimate of drug-likeness (QED) is 0.537. The summed E-state index contributed by atoms with van der Waals surface area (Å²) in [6.07, 6.45) is 0. The molecule has 0 spiro atoms. The van der Waals surface area contributed by atoms with Gasteiger partial charge in [-0.1, -0.05) is 11.6 Å². The fourth-order valence-electron chi connectivity index (χ4n) is 2.09. The fraction of sp³-hybridized carbons (Fsp3) is 0.222. The molecule has 148 valence electrons. The molecule has 0 heterocycles. The van der Waals surface area contributed by atoms with Crippen LogP contribution in [0.3, 0.4) is 0 Å². The molecule has 0 radical (unpaired) electrons. The molecule has 0 aromatic heterocycles. The summed E-state index contributed by atoms with van der Waals surface area (Å²) in [6, 6.07) is 8.59. The molecule has 9 nitrogen and oxygen atoms in total. The number of ether oxygens (including phenoxy) is 2. The second-order valence-electron chi connectivity index (χ2n) is 5.72. The highest BCUT2D eigenvalue weighted by Crippen LogP contribution is 2.27. The monoisotopic (exact) mass is 407 g/mol. The Labute approximate surface area is 165 Å². The van der Waals surface area contributed by atoms with E-state index >= 15 is 0 Å². The van der Waals surface area contributed by atoms with Crippen LogP contribution in [-0.4, -0.2) is 30.0 Å². The van der Waals surface area contributed by atoms with Crippen LogP contribution in [0.5, 0.6) is 11.5 Å². The number of rotatable bonds is 7. The van der Waals surface area contributed by atoms with E-state index in [-0.39, 0.29) is 24.7 Å². The molecule has 28 heavy (non-hydrogen) atoms. The number of nitrogens with zero attached hydrogens (tertiary/aromatic N) is 1. The van der Waals surface area contributed by atoms with Gasteiger partial charge in [0.2, 0.25) is 0 Å². The van der Waals surface area contributed by atoms with Crippen LogP contribution in [0.25, 0.3) is 0 Å². The number of carbonyl (C=O) groups excluding carboxylic acids is 2. The number of nitro groups is 1. The first-order valence-corrected chi connectivity index (χ1v) is 8.49. The molecule has 0 saturated carbocycles. The van der Waals surface area contributed by atoms with Crippen LogP contribution in [0.15, 0.2) is 36.4 Å². The first kappa shape index (κ1) is 21.0. The molecule has 2 aromatic carbocycles. The summed E-state index contributed by atoms with van der Waals surface area (Å²) in [7, 11) is 0. The van der Waals surface area contributed by atoms with Crippen molar-refractivity contribution in [3.63, 3.8) is 0 Å². The molecule has 10 heteroatoms. The molecule has 0 aliphatic rings. The second-order valence-corrected chi connectivity index (χ2v) is 6.13. The van der Waals surface area contributed by atoms with E-state index in [2.05, 4.69) is 10.9 Å². The zero-order valence-electron chi connectivity index (χ0n) is 15.2. The maximum absolute atomic E-state index is 11.8. The lowest BCUT2D eigenvalue weighted by Crippen LogP contribution is -2.45. The van der Waals surface area contributed by atoms with Gasteiger partial charge in [0, 0.05) is 17.2 Å². The number of nitro benzene ring substituents is 1. The molecule has 2 rings (SSSR count). The molecular formula is C18H18ClN3O6. The number of nitrogens with one attached hydrogen (secondary N) is 2. The summed E-state index contributed by atoms with van der Waals surface area (Å²) in [5.74, 6) is -0.366. The van der Waals surface area contributed by atoms with E-state index in [1.807, 2.05) is 13.8 Å². The topological polar surface area (TPSA) is 120 Å². The number of halogens is 1. The largest absolute Gasteiger partial charge is 0.484 e. The third kappa shape index (κ3) is 5.85. The third-order valence-corrected chi connectivity index (χ3v) is 4.20. The molecule has 0 bridgehead atoms.